The van der Waals surface area contributed by atoms with Crippen molar-refractivity contribution in [1.29, 1.82) is 0 Å². The van der Waals surface area contributed by atoms with Crippen molar-refractivity contribution in [3.8, 4) is 0 Å². The highest BCUT2D eigenvalue weighted by molar-refractivity contribution is 5.97. The topological polar surface area (TPSA) is 84.5 Å². The first-order chi connectivity index (χ1) is 12.9. The van der Waals surface area contributed by atoms with Gasteiger partial charge < -0.3 is 15.4 Å². The van der Waals surface area contributed by atoms with Crippen LogP contribution in [0.2, 0.25) is 0 Å². The van der Waals surface area contributed by atoms with Gasteiger partial charge in [-0.25, -0.2) is 4.79 Å². The number of hydrogen-bond acceptors (Lipinski definition) is 4. The Morgan fingerprint density at radius 3 is 2.22 bits per heavy atom. The zero-order valence-corrected chi connectivity index (χ0v) is 15.4. The van der Waals surface area contributed by atoms with Crippen molar-refractivity contribution in [1.82, 2.24) is 0 Å². The zero-order valence-electron chi connectivity index (χ0n) is 15.4. The second-order valence-electron chi connectivity index (χ2n) is 6.63. The van der Waals surface area contributed by atoms with Crippen LogP contribution in [0.3, 0.4) is 0 Å². The maximum absolute atomic E-state index is 12.3. The van der Waals surface area contributed by atoms with Crippen LogP contribution in [-0.2, 0) is 27.2 Å². The quantitative estimate of drug-likeness (QED) is 0.795. The number of esters is 1. The molecule has 0 spiro atoms. The molecule has 2 aromatic rings. The van der Waals surface area contributed by atoms with Gasteiger partial charge in [-0.15, -0.1) is 0 Å². The number of benzene rings is 2. The smallest absolute Gasteiger partial charge is 0.338 e. The molecule has 0 fully saturated rings. The van der Waals surface area contributed by atoms with Gasteiger partial charge in [0.2, 0.25) is 5.91 Å². The normalized spacial score (nSPS) is 13.4. The minimum absolute atomic E-state index is 0.168. The van der Waals surface area contributed by atoms with Crippen LogP contribution in [0.5, 0.6) is 0 Å². The molecule has 0 aromatic heterocycles. The number of nitrogens with one attached hydrogen (secondary N) is 2. The first-order valence-electron chi connectivity index (χ1n) is 8.93. The fraction of sp³-hybridized carbons (Fsp3) is 0.286. The Morgan fingerprint density at radius 1 is 0.926 bits per heavy atom. The number of anilines is 2. The number of rotatable bonds is 5. The molecule has 2 aromatic carbocycles. The predicted molar refractivity (Wildman–Crippen MR) is 103 cm³/mol. The van der Waals surface area contributed by atoms with Crippen molar-refractivity contribution < 1.29 is 19.1 Å². The van der Waals surface area contributed by atoms with Crippen LogP contribution in [0.15, 0.2) is 42.5 Å². The standard InChI is InChI=1S/C21H22N2O4/c1-13(20(25)23-19-10-8-18(9-11-19)22-14(2)24)27-21(26)17-7-6-15-4-3-5-16(15)12-17/h6-13H,3-5H2,1-2H3,(H,22,24)(H,23,25)/t13-/m0/s1. The average Bonchev–Trinajstić information content (AvgIpc) is 3.10. The van der Waals surface area contributed by atoms with Crippen molar-refractivity contribution in [3.05, 3.63) is 59.2 Å². The van der Waals surface area contributed by atoms with Gasteiger partial charge >= 0.3 is 5.97 Å². The Labute approximate surface area is 157 Å². The molecule has 0 heterocycles. The highest BCUT2D eigenvalue weighted by Gasteiger charge is 2.20. The van der Waals surface area contributed by atoms with Gasteiger partial charge in [-0.1, -0.05) is 6.07 Å². The third-order valence-electron chi connectivity index (χ3n) is 4.46. The van der Waals surface area contributed by atoms with E-state index in [2.05, 4.69) is 10.6 Å². The van der Waals surface area contributed by atoms with E-state index >= 15 is 0 Å². The van der Waals surface area contributed by atoms with E-state index in [0.29, 0.717) is 16.9 Å². The van der Waals surface area contributed by atoms with Gasteiger partial charge in [0.05, 0.1) is 5.56 Å². The molecule has 1 atom stereocenters. The number of carbonyl (C=O) groups is 3. The van der Waals surface area contributed by atoms with E-state index in [1.165, 1.54) is 25.0 Å². The van der Waals surface area contributed by atoms with Crippen LogP contribution < -0.4 is 10.6 Å². The molecule has 0 saturated heterocycles. The molecular weight excluding hydrogens is 344 g/mol. The fourth-order valence-electron chi connectivity index (χ4n) is 3.06. The van der Waals surface area contributed by atoms with Gasteiger partial charge in [-0.05, 0) is 73.7 Å². The van der Waals surface area contributed by atoms with Crippen LogP contribution in [-0.4, -0.2) is 23.9 Å². The molecular formula is C21H22N2O4. The van der Waals surface area contributed by atoms with Crippen molar-refractivity contribution in [2.24, 2.45) is 0 Å². The summed E-state index contributed by atoms with van der Waals surface area (Å²) in [7, 11) is 0. The summed E-state index contributed by atoms with van der Waals surface area (Å²) in [4.78, 5) is 35.6. The number of ether oxygens (including phenoxy) is 1. The van der Waals surface area contributed by atoms with E-state index in [1.54, 1.807) is 30.3 Å². The summed E-state index contributed by atoms with van der Waals surface area (Å²) in [6.07, 6.45) is 2.19. The molecule has 3 rings (SSSR count). The van der Waals surface area contributed by atoms with E-state index < -0.39 is 18.0 Å². The monoisotopic (exact) mass is 366 g/mol. The molecule has 0 aliphatic heterocycles. The Hall–Kier alpha value is -3.15. The van der Waals surface area contributed by atoms with E-state index in [9.17, 15) is 14.4 Å². The third-order valence-corrected chi connectivity index (χ3v) is 4.46. The molecule has 0 unspecified atom stereocenters. The number of carbonyl (C=O) groups excluding carboxylic acids is 3. The molecule has 1 aliphatic carbocycles. The molecule has 0 bridgehead atoms. The summed E-state index contributed by atoms with van der Waals surface area (Å²) < 4.78 is 5.30. The molecule has 2 amide bonds. The van der Waals surface area contributed by atoms with Gasteiger partial charge in [0.25, 0.3) is 5.91 Å². The van der Waals surface area contributed by atoms with Gasteiger partial charge in [-0.3, -0.25) is 9.59 Å². The Bertz CT molecular complexity index is 874. The van der Waals surface area contributed by atoms with Gasteiger partial charge in [0.15, 0.2) is 6.10 Å². The van der Waals surface area contributed by atoms with E-state index in [1.807, 2.05) is 12.1 Å². The van der Waals surface area contributed by atoms with Gasteiger partial charge in [0, 0.05) is 18.3 Å². The molecule has 6 nitrogen and oxygen atoms in total. The minimum Gasteiger partial charge on any atom is -0.449 e. The molecule has 2 N–H and O–H groups in total. The van der Waals surface area contributed by atoms with E-state index in [0.717, 1.165) is 19.3 Å². The van der Waals surface area contributed by atoms with Crippen LogP contribution in [0.1, 0.15) is 41.8 Å². The maximum Gasteiger partial charge on any atom is 0.338 e. The van der Waals surface area contributed by atoms with Crippen LogP contribution in [0.4, 0.5) is 11.4 Å². The number of amides is 2. The maximum atomic E-state index is 12.3. The van der Waals surface area contributed by atoms with Crippen molar-refractivity contribution in [3.63, 3.8) is 0 Å². The highest BCUT2D eigenvalue weighted by Crippen LogP contribution is 2.23. The molecule has 0 saturated carbocycles. The lowest BCUT2D eigenvalue weighted by molar-refractivity contribution is -0.123. The predicted octanol–water partition coefficient (Wildman–Crippen LogP) is 3.32. The summed E-state index contributed by atoms with van der Waals surface area (Å²) in [6.45, 7) is 2.96. The van der Waals surface area contributed by atoms with Crippen molar-refractivity contribution >= 4 is 29.2 Å². The van der Waals surface area contributed by atoms with Crippen molar-refractivity contribution in [2.45, 2.75) is 39.2 Å². The molecule has 27 heavy (non-hydrogen) atoms. The van der Waals surface area contributed by atoms with E-state index in [-0.39, 0.29) is 5.91 Å². The minimum atomic E-state index is -0.930. The summed E-state index contributed by atoms with van der Waals surface area (Å²) in [5.74, 6) is -1.09. The lowest BCUT2D eigenvalue weighted by Gasteiger charge is -2.14. The van der Waals surface area contributed by atoms with E-state index in [4.69, 9.17) is 4.74 Å². The molecule has 6 heteroatoms. The fourth-order valence-corrected chi connectivity index (χ4v) is 3.06. The van der Waals surface area contributed by atoms with Gasteiger partial charge in [-0.2, -0.15) is 0 Å². The third kappa shape index (κ3) is 4.73. The number of fused-ring (bicyclic) bond motifs is 1. The number of aryl methyl sites for hydroxylation is 2. The average molecular weight is 366 g/mol. The first kappa shape index (κ1) is 18.6. The van der Waals surface area contributed by atoms with Crippen LogP contribution >= 0.6 is 0 Å². The lowest BCUT2D eigenvalue weighted by atomic mass is 10.1. The lowest BCUT2D eigenvalue weighted by Crippen LogP contribution is -2.30. The zero-order chi connectivity index (χ0) is 19.4. The summed E-state index contributed by atoms with van der Waals surface area (Å²) >= 11 is 0. The van der Waals surface area contributed by atoms with Crippen LogP contribution in [0.25, 0.3) is 0 Å². The molecule has 140 valence electrons. The highest BCUT2D eigenvalue weighted by atomic mass is 16.5. The Kier molecular flexibility index (Phi) is 5.54. The van der Waals surface area contributed by atoms with Gasteiger partial charge in [0.1, 0.15) is 0 Å². The molecule has 0 radical (unpaired) electrons. The second kappa shape index (κ2) is 8.03. The van der Waals surface area contributed by atoms with Crippen molar-refractivity contribution in [2.75, 3.05) is 10.6 Å². The largest absolute Gasteiger partial charge is 0.449 e. The Balaban J connectivity index is 1.57. The number of hydrogen-bond donors (Lipinski definition) is 2. The second-order valence-corrected chi connectivity index (χ2v) is 6.63. The Morgan fingerprint density at radius 2 is 1.56 bits per heavy atom. The van der Waals surface area contributed by atoms with Crippen LogP contribution in [0, 0.1) is 0 Å². The first-order valence-corrected chi connectivity index (χ1v) is 8.93. The molecule has 1 aliphatic rings. The summed E-state index contributed by atoms with van der Waals surface area (Å²) in [6, 6.07) is 12.3. The summed E-state index contributed by atoms with van der Waals surface area (Å²) in [5.41, 5.74) is 4.11. The summed E-state index contributed by atoms with van der Waals surface area (Å²) in [5, 5.41) is 5.34. The SMILES string of the molecule is CC(=O)Nc1ccc(NC(=O)[C@H](C)OC(=O)c2ccc3c(c2)CCC3)cc1.